The molecule has 0 aliphatic carbocycles. The van der Waals surface area contributed by atoms with Crippen LogP contribution < -0.4 is 0 Å². The third kappa shape index (κ3) is 3.40. The molecule has 0 aromatic carbocycles. The van der Waals surface area contributed by atoms with Gasteiger partial charge in [0.15, 0.2) is 5.78 Å². The lowest BCUT2D eigenvalue weighted by Gasteiger charge is -2.28. The first-order valence-corrected chi connectivity index (χ1v) is 8.94. The number of carbonyl (C=O) groups is 1. The molecular weight excluding hydrogens is 312 g/mol. The van der Waals surface area contributed by atoms with E-state index >= 15 is 0 Å². The number of allylic oxidation sites excluding steroid dienone is 3. The fourth-order valence-corrected chi connectivity index (χ4v) is 4.46. The van der Waals surface area contributed by atoms with Gasteiger partial charge in [-0.3, -0.25) is 4.79 Å². The van der Waals surface area contributed by atoms with E-state index in [4.69, 9.17) is 0 Å². The molecule has 22 heavy (non-hydrogen) atoms. The number of nitrogens with zero attached hydrogens (tertiary/aromatic N) is 2. The lowest BCUT2D eigenvalue weighted by atomic mass is 9.81. The number of hydrogen-bond acceptors (Lipinski definition) is 5. The molecule has 1 aliphatic rings. The summed E-state index contributed by atoms with van der Waals surface area (Å²) in [5.41, 5.74) is 1.41. The zero-order chi connectivity index (χ0) is 16.1. The summed E-state index contributed by atoms with van der Waals surface area (Å²) in [6, 6.07) is 6.32. The van der Waals surface area contributed by atoms with Gasteiger partial charge in [0, 0.05) is 27.8 Å². The fourth-order valence-electron chi connectivity index (χ4n) is 2.56. The molecule has 5 heteroatoms. The van der Waals surface area contributed by atoms with Gasteiger partial charge in [-0.25, -0.2) is 4.99 Å². The maximum Gasteiger partial charge on any atom is 0.158 e. The second-order valence-corrected chi connectivity index (χ2v) is 7.00. The molecule has 1 aliphatic heterocycles. The Bertz CT molecular complexity index is 678. The number of Topliss-reactive ketones (excluding diaryl/α,β-unsaturated/α-hetero) is 1. The van der Waals surface area contributed by atoms with Crippen molar-refractivity contribution in [3.05, 3.63) is 45.8 Å². The van der Waals surface area contributed by atoms with Gasteiger partial charge in [-0.2, -0.15) is 5.26 Å². The number of nitriles is 1. The molecule has 0 N–H and O–H groups in total. The van der Waals surface area contributed by atoms with Crippen molar-refractivity contribution in [2.45, 2.75) is 26.7 Å². The molecule has 1 aromatic heterocycles. The second-order valence-electron chi connectivity index (χ2n) is 4.99. The molecule has 0 bridgehead atoms. The van der Waals surface area contributed by atoms with Crippen molar-refractivity contribution in [1.82, 2.24) is 0 Å². The Balaban J connectivity index is 2.48. The molecule has 0 saturated heterocycles. The van der Waals surface area contributed by atoms with E-state index in [9.17, 15) is 10.1 Å². The Labute approximate surface area is 139 Å². The Morgan fingerprint density at radius 2 is 2.36 bits per heavy atom. The van der Waals surface area contributed by atoms with Gasteiger partial charge in [-0.15, -0.1) is 23.1 Å². The maximum atomic E-state index is 12.1. The monoisotopic (exact) mass is 330 g/mol. The van der Waals surface area contributed by atoms with Gasteiger partial charge in [0.2, 0.25) is 0 Å². The molecule has 114 valence electrons. The van der Waals surface area contributed by atoms with Crippen LogP contribution in [0.5, 0.6) is 0 Å². The molecular formula is C17H18N2OS2. The van der Waals surface area contributed by atoms with Crippen molar-refractivity contribution in [3.63, 3.8) is 0 Å². The molecule has 0 spiro atoms. The predicted octanol–water partition coefficient (Wildman–Crippen LogP) is 4.56. The minimum absolute atomic E-state index is 0.00240. The van der Waals surface area contributed by atoms with Crippen molar-refractivity contribution in [1.29, 1.82) is 5.26 Å². The van der Waals surface area contributed by atoms with Gasteiger partial charge in [0.25, 0.3) is 0 Å². The van der Waals surface area contributed by atoms with Crippen LogP contribution in [0.4, 0.5) is 0 Å². The highest BCUT2D eigenvalue weighted by atomic mass is 32.2. The first-order chi connectivity index (χ1) is 10.6. The quantitative estimate of drug-likeness (QED) is 0.761. The van der Waals surface area contributed by atoms with Crippen molar-refractivity contribution >= 4 is 33.9 Å². The lowest BCUT2D eigenvalue weighted by molar-refractivity contribution is -0.114. The first kappa shape index (κ1) is 16.7. The number of aliphatic imine (C=N–C) groups is 1. The molecule has 0 fully saturated rings. The van der Waals surface area contributed by atoms with Gasteiger partial charge >= 0.3 is 0 Å². The van der Waals surface area contributed by atoms with E-state index in [0.717, 1.165) is 21.4 Å². The molecule has 0 saturated carbocycles. The number of hydrogen-bond donors (Lipinski definition) is 0. The van der Waals surface area contributed by atoms with Gasteiger partial charge in [-0.05, 0) is 32.2 Å². The van der Waals surface area contributed by atoms with Gasteiger partial charge < -0.3 is 0 Å². The van der Waals surface area contributed by atoms with Crippen molar-refractivity contribution < 1.29 is 4.79 Å². The summed E-state index contributed by atoms with van der Waals surface area (Å²) in [6.45, 7) is 5.39. The first-order valence-electron chi connectivity index (χ1n) is 7.07. The predicted molar refractivity (Wildman–Crippen MR) is 94.3 cm³/mol. The Morgan fingerprint density at radius 1 is 1.59 bits per heavy atom. The van der Waals surface area contributed by atoms with Crippen LogP contribution in [0, 0.1) is 17.2 Å². The van der Waals surface area contributed by atoms with Crippen LogP contribution in [-0.2, 0) is 4.79 Å². The largest absolute Gasteiger partial charge is 0.295 e. The standard InChI is InChI=1S/C17H18N2OS2/c1-4-5-8-22-17-13(10-18)16(14-7-6-9-21-14)15(12(3)20)11(2)19-17/h4-7,9,13,16H,8H2,1-3H3/b5-4+/t13?,16-/m0/s1. The van der Waals surface area contributed by atoms with E-state index in [-0.39, 0.29) is 11.7 Å². The van der Waals surface area contributed by atoms with Crippen LogP contribution in [0.2, 0.25) is 0 Å². The van der Waals surface area contributed by atoms with Gasteiger partial charge in [-0.1, -0.05) is 18.2 Å². The van der Waals surface area contributed by atoms with Gasteiger partial charge in [0.05, 0.1) is 11.1 Å². The highest BCUT2D eigenvalue weighted by Crippen LogP contribution is 2.42. The zero-order valence-corrected chi connectivity index (χ0v) is 14.5. The fraction of sp³-hybridized carbons (Fsp3) is 0.353. The number of thioether (sulfide) groups is 1. The summed E-state index contributed by atoms with van der Waals surface area (Å²) < 4.78 is 0. The summed E-state index contributed by atoms with van der Waals surface area (Å²) in [5, 5.41) is 12.5. The molecule has 2 rings (SSSR count). The van der Waals surface area contributed by atoms with Gasteiger partial charge in [0.1, 0.15) is 5.92 Å². The maximum absolute atomic E-state index is 12.1. The number of thiophene rings is 1. The third-order valence-electron chi connectivity index (χ3n) is 3.51. The van der Waals surface area contributed by atoms with E-state index in [1.807, 2.05) is 43.5 Å². The Morgan fingerprint density at radius 3 is 2.91 bits per heavy atom. The van der Waals surface area contributed by atoms with Crippen molar-refractivity contribution in [3.8, 4) is 6.07 Å². The molecule has 0 amide bonds. The summed E-state index contributed by atoms with van der Waals surface area (Å²) in [4.78, 5) is 17.7. The summed E-state index contributed by atoms with van der Waals surface area (Å²) in [5.74, 6) is 0.190. The SMILES string of the molecule is C/C=C/CSC1=NC(C)=C(C(C)=O)[C@H](c2cccs2)C1C#N. The zero-order valence-electron chi connectivity index (χ0n) is 12.9. The Kier molecular flexibility index (Phi) is 5.76. The van der Waals surface area contributed by atoms with Crippen LogP contribution in [0.3, 0.4) is 0 Å². The molecule has 1 aromatic rings. The Hall–Kier alpha value is -1.64. The highest BCUT2D eigenvalue weighted by Gasteiger charge is 2.37. The van der Waals surface area contributed by atoms with E-state index in [1.165, 1.54) is 0 Å². The number of ketones is 1. The average Bonchev–Trinajstić information content (AvgIpc) is 3.00. The van der Waals surface area contributed by atoms with Crippen molar-refractivity contribution in [2.75, 3.05) is 5.75 Å². The minimum Gasteiger partial charge on any atom is -0.295 e. The highest BCUT2D eigenvalue weighted by molar-refractivity contribution is 8.14. The second kappa shape index (κ2) is 7.57. The minimum atomic E-state index is -0.392. The van der Waals surface area contributed by atoms with E-state index < -0.39 is 5.92 Å². The van der Waals surface area contributed by atoms with E-state index in [0.29, 0.717) is 5.57 Å². The summed E-state index contributed by atoms with van der Waals surface area (Å²) in [7, 11) is 0. The summed E-state index contributed by atoms with van der Waals surface area (Å²) >= 11 is 3.16. The summed E-state index contributed by atoms with van der Waals surface area (Å²) in [6.07, 6.45) is 4.03. The molecule has 0 radical (unpaired) electrons. The van der Waals surface area contributed by atoms with Crippen LogP contribution in [0.25, 0.3) is 0 Å². The normalized spacial score (nSPS) is 21.8. The average molecular weight is 330 g/mol. The van der Waals surface area contributed by atoms with Crippen LogP contribution in [0.15, 0.2) is 45.9 Å². The third-order valence-corrected chi connectivity index (χ3v) is 5.46. The smallest absolute Gasteiger partial charge is 0.158 e. The molecule has 1 unspecified atom stereocenters. The number of rotatable bonds is 4. The van der Waals surface area contributed by atoms with Crippen LogP contribution in [0.1, 0.15) is 31.6 Å². The van der Waals surface area contributed by atoms with Crippen LogP contribution >= 0.6 is 23.1 Å². The molecule has 2 atom stereocenters. The van der Waals surface area contributed by atoms with E-state index in [1.54, 1.807) is 30.0 Å². The van der Waals surface area contributed by atoms with Crippen molar-refractivity contribution in [2.24, 2.45) is 10.9 Å². The topological polar surface area (TPSA) is 53.2 Å². The molecule has 3 nitrogen and oxygen atoms in total. The number of carbonyl (C=O) groups excluding carboxylic acids is 1. The van der Waals surface area contributed by atoms with Crippen LogP contribution in [-0.4, -0.2) is 16.6 Å². The lowest BCUT2D eigenvalue weighted by Crippen LogP contribution is -2.27. The molecule has 2 heterocycles. The van der Waals surface area contributed by atoms with E-state index in [2.05, 4.69) is 11.1 Å².